The molecule has 0 saturated carbocycles. The van der Waals surface area contributed by atoms with E-state index in [0.29, 0.717) is 11.8 Å². The molecule has 0 aromatic heterocycles. The van der Waals surface area contributed by atoms with Gasteiger partial charge in [0, 0.05) is 18.2 Å². The zero-order valence-electron chi connectivity index (χ0n) is 12.6. The van der Waals surface area contributed by atoms with E-state index in [4.69, 9.17) is 16.3 Å². The molecule has 0 radical (unpaired) electrons. The van der Waals surface area contributed by atoms with Crippen molar-refractivity contribution >= 4 is 11.6 Å². The van der Waals surface area contributed by atoms with Gasteiger partial charge in [0.05, 0.1) is 0 Å². The first kappa shape index (κ1) is 14.5. The summed E-state index contributed by atoms with van der Waals surface area (Å²) in [7, 11) is 0. The number of hydrogen-bond donors (Lipinski definition) is 0. The largest absolute Gasteiger partial charge is 0.490 e. The molecule has 2 heteroatoms. The first-order valence-electron chi connectivity index (χ1n) is 7.54. The van der Waals surface area contributed by atoms with Crippen molar-refractivity contribution in [1.82, 2.24) is 0 Å². The Hall–Kier alpha value is -1.47. The van der Waals surface area contributed by atoms with Gasteiger partial charge in [-0.25, -0.2) is 0 Å². The minimum atomic E-state index is 0.242. The minimum Gasteiger partial charge on any atom is -0.490 e. The molecule has 2 aromatic carbocycles. The van der Waals surface area contributed by atoms with Gasteiger partial charge in [-0.3, -0.25) is 0 Å². The third kappa shape index (κ3) is 3.24. The molecule has 0 N–H and O–H groups in total. The summed E-state index contributed by atoms with van der Waals surface area (Å²) in [6.07, 6.45) is 2.21. The predicted molar refractivity (Wildman–Crippen MR) is 88.6 cm³/mol. The molecule has 0 bridgehead atoms. The van der Waals surface area contributed by atoms with Gasteiger partial charge in [0.25, 0.3) is 0 Å². The zero-order valence-corrected chi connectivity index (χ0v) is 13.4. The topological polar surface area (TPSA) is 9.23 Å². The lowest BCUT2D eigenvalue weighted by atomic mass is 9.92. The van der Waals surface area contributed by atoms with Gasteiger partial charge in [0.1, 0.15) is 11.9 Å². The Balaban J connectivity index is 1.72. The van der Waals surface area contributed by atoms with Crippen molar-refractivity contribution in [3.05, 3.63) is 64.7 Å². The highest BCUT2D eigenvalue weighted by Gasteiger charge is 2.26. The second-order valence-electron chi connectivity index (χ2n) is 6.06. The minimum absolute atomic E-state index is 0.242. The molecule has 2 atom stereocenters. The Bertz CT molecular complexity index is 635. The molecule has 0 fully saturated rings. The number of alkyl halides is 1. The van der Waals surface area contributed by atoms with E-state index in [1.807, 2.05) is 0 Å². The summed E-state index contributed by atoms with van der Waals surface area (Å²) in [5, 5.41) is 0. The average Bonchev–Trinajstić information content (AvgIpc) is 2.86. The van der Waals surface area contributed by atoms with Crippen LogP contribution in [0.25, 0.3) is 0 Å². The summed E-state index contributed by atoms with van der Waals surface area (Å²) < 4.78 is 6.09. The standard InChI is InChI=1S/C19H21ClO/c1-13-4-3-5-15(8-13)17(12-20)11-18-10-16-9-14(2)6-7-19(16)21-18/h3-9,17-18H,10-12H2,1-2H3. The van der Waals surface area contributed by atoms with Crippen molar-refractivity contribution in [3.8, 4) is 5.75 Å². The summed E-state index contributed by atoms with van der Waals surface area (Å²) >= 11 is 6.21. The van der Waals surface area contributed by atoms with Crippen LogP contribution in [0, 0.1) is 13.8 Å². The van der Waals surface area contributed by atoms with Crippen molar-refractivity contribution in [1.29, 1.82) is 0 Å². The highest BCUT2D eigenvalue weighted by Crippen LogP contribution is 2.34. The third-order valence-electron chi connectivity index (χ3n) is 4.20. The monoisotopic (exact) mass is 300 g/mol. The Morgan fingerprint density at radius 1 is 1.14 bits per heavy atom. The summed E-state index contributed by atoms with van der Waals surface area (Å²) in [5.41, 5.74) is 5.23. The number of rotatable bonds is 4. The van der Waals surface area contributed by atoms with E-state index in [2.05, 4.69) is 56.3 Å². The molecule has 21 heavy (non-hydrogen) atoms. The van der Waals surface area contributed by atoms with E-state index in [1.54, 1.807) is 0 Å². The fourth-order valence-corrected chi connectivity index (χ4v) is 3.41. The van der Waals surface area contributed by atoms with Crippen LogP contribution in [0.3, 0.4) is 0 Å². The van der Waals surface area contributed by atoms with E-state index in [-0.39, 0.29) is 6.10 Å². The van der Waals surface area contributed by atoms with Crippen LogP contribution in [0.15, 0.2) is 42.5 Å². The molecule has 3 rings (SSSR count). The quantitative estimate of drug-likeness (QED) is 0.720. The van der Waals surface area contributed by atoms with Crippen LogP contribution in [0.5, 0.6) is 5.75 Å². The Kier molecular flexibility index (Phi) is 4.21. The van der Waals surface area contributed by atoms with Gasteiger partial charge in [-0.05, 0) is 37.5 Å². The smallest absolute Gasteiger partial charge is 0.123 e. The van der Waals surface area contributed by atoms with Gasteiger partial charge in [0.2, 0.25) is 0 Å². The normalized spacial score (nSPS) is 18.1. The van der Waals surface area contributed by atoms with Crippen LogP contribution in [0.4, 0.5) is 0 Å². The lowest BCUT2D eigenvalue weighted by Crippen LogP contribution is -2.18. The Morgan fingerprint density at radius 3 is 2.71 bits per heavy atom. The third-order valence-corrected chi connectivity index (χ3v) is 4.58. The number of fused-ring (bicyclic) bond motifs is 1. The average molecular weight is 301 g/mol. The van der Waals surface area contributed by atoms with Gasteiger partial charge in [0.15, 0.2) is 0 Å². The summed E-state index contributed by atoms with van der Waals surface area (Å²) in [4.78, 5) is 0. The van der Waals surface area contributed by atoms with E-state index in [1.165, 1.54) is 22.3 Å². The number of benzene rings is 2. The molecule has 0 aliphatic carbocycles. The van der Waals surface area contributed by atoms with Crippen molar-refractivity contribution in [2.24, 2.45) is 0 Å². The number of ether oxygens (including phenoxy) is 1. The van der Waals surface area contributed by atoms with Gasteiger partial charge in [-0.1, -0.05) is 47.5 Å². The van der Waals surface area contributed by atoms with E-state index < -0.39 is 0 Å². The highest BCUT2D eigenvalue weighted by molar-refractivity contribution is 6.18. The van der Waals surface area contributed by atoms with E-state index in [9.17, 15) is 0 Å². The summed E-state index contributed by atoms with van der Waals surface area (Å²) in [6, 6.07) is 15.1. The van der Waals surface area contributed by atoms with Crippen molar-refractivity contribution in [2.45, 2.75) is 38.7 Å². The SMILES string of the molecule is Cc1cccc(C(CCl)CC2Cc3cc(C)ccc3O2)c1. The molecule has 1 heterocycles. The first-order chi connectivity index (χ1) is 10.2. The fourth-order valence-electron chi connectivity index (χ4n) is 3.11. The molecule has 110 valence electrons. The molecule has 1 aliphatic rings. The number of hydrogen-bond acceptors (Lipinski definition) is 1. The molecule has 0 amide bonds. The molecule has 1 aliphatic heterocycles. The Morgan fingerprint density at radius 2 is 1.95 bits per heavy atom. The fraction of sp³-hybridized carbons (Fsp3) is 0.368. The van der Waals surface area contributed by atoms with Gasteiger partial charge in [-0.2, -0.15) is 0 Å². The van der Waals surface area contributed by atoms with E-state index in [0.717, 1.165) is 18.6 Å². The number of halogens is 1. The molecular formula is C19H21ClO. The second kappa shape index (κ2) is 6.11. The first-order valence-corrected chi connectivity index (χ1v) is 8.08. The van der Waals surface area contributed by atoms with Crippen molar-refractivity contribution in [2.75, 3.05) is 5.88 Å². The molecule has 2 aromatic rings. The maximum absolute atomic E-state index is 6.21. The van der Waals surface area contributed by atoms with Crippen molar-refractivity contribution < 1.29 is 4.74 Å². The number of aryl methyl sites for hydroxylation is 2. The van der Waals surface area contributed by atoms with Gasteiger partial charge >= 0.3 is 0 Å². The second-order valence-corrected chi connectivity index (χ2v) is 6.36. The molecule has 0 saturated heterocycles. The molecular weight excluding hydrogens is 280 g/mol. The maximum atomic E-state index is 6.21. The highest BCUT2D eigenvalue weighted by atomic mass is 35.5. The van der Waals surface area contributed by atoms with Gasteiger partial charge in [-0.15, -0.1) is 11.6 Å². The maximum Gasteiger partial charge on any atom is 0.123 e. The summed E-state index contributed by atoms with van der Waals surface area (Å²) in [6.45, 7) is 4.25. The molecule has 1 nitrogen and oxygen atoms in total. The van der Waals surface area contributed by atoms with E-state index >= 15 is 0 Å². The molecule has 2 unspecified atom stereocenters. The molecule has 0 spiro atoms. The Labute approximate surface area is 131 Å². The van der Waals surface area contributed by atoms with Crippen LogP contribution in [-0.4, -0.2) is 12.0 Å². The van der Waals surface area contributed by atoms with Gasteiger partial charge < -0.3 is 4.74 Å². The van der Waals surface area contributed by atoms with Crippen LogP contribution in [0.1, 0.15) is 34.6 Å². The van der Waals surface area contributed by atoms with Crippen LogP contribution in [0.2, 0.25) is 0 Å². The lowest BCUT2D eigenvalue weighted by Gasteiger charge is -2.19. The predicted octanol–water partition coefficient (Wildman–Crippen LogP) is 5.02. The van der Waals surface area contributed by atoms with Crippen LogP contribution < -0.4 is 4.74 Å². The van der Waals surface area contributed by atoms with Crippen LogP contribution in [-0.2, 0) is 6.42 Å². The lowest BCUT2D eigenvalue weighted by molar-refractivity contribution is 0.213. The van der Waals surface area contributed by atoms with Crippen molar-refractivity contribution in [3.63, 3.8) is 0 Å². The van der Waals surface area contributed by atoms with Crippen LogP contribution >= 0.6 is 11.6 Å². The zero-order chi connectivity index (χ0) is 14.8. The summed E-state index contributed by atoms with van der Waals surface area (Å²) in [5.74, 6) is 2.04.